The van der Waals surface area contributed by atoms with Crippen LogP contribution in [-0.2, 0) is 4.79 Å². The summed E-state index contributed by atoms with van der Waals surface area (Å²) >= 11 is 0. The topological polar surface area (TPSA) is 68.0 Å². The van der Waals surface area contributed by atoms with Gasteiger partial charge in [0.1, 0.15) is 0 Å². The van der Waals surface area contributed by atoms with E-state index in [1.54, 1.807) is 12.4 Å². The van der Waals surface area contributed by atoms with Crippen molar-refractivity contribution in [1.82, 2.24) is 10.3 Å². The van der Waals surface area contributed by atoms with Crippen LogP contribution >= 0.6 is 12.4 Å². The van der Waals surface area contributed by atoms with Gasteiger partial charge in [-0.3, -0.25) is 9.78 Å². The lowest BCUT2D eigenvalue weighted by Gasteiger charge is -2.16. The van der Waals surface area contributed by atoms with Crippen LogP contribution in [0.25, 0.3) is 0 Å². The Morgan fingerprint density at radius 3 is 2.81 bits per heavy atom. The van der Waals surface area contributed by atoms with Crippen molar-refractivity contribution in [2.24, 2.45) is 5.73 Å². The third-order valence-electron chi connectivity index (χ3n) is 2.32. The molecular formula is C11H18ClN3O. The molecule has 0 fully saturated rings. The van der Waals surface area contributed by atoms with Gasteiger partial charge in [-0.25, -0.2) is 0 Å². The molecule has 1 aromatic rings. The number of rotatable bonds is 4. The highest BCUT2D eigenvalue weighted by molar-refractivity contribution is 5.85. The summed E-state index contributed by atoms with van der Waals surface area (Å²) in [6.07, 6.45) is 4.09. The van der Waals surface area contributed by atoms with Crippen molar-refractivity contribution >= 4 is 18.3 Å². The third-order valence-corrected chi connectivity index (χ3v) is 2.32. The second-order valence-corrected chi connectivity index (χ2v) is 3.53. The van der Waals surface area contributed by atoms with Crippen LogP contribution in [0, 0.1) is 0 Å². The molecule has 3 N–H and O–H groups in total. The first-order valence-corrected chi connectivity index (χ1v) is 5.11. The molecule has 0 bridgehead atoms. The number of pyridine rings is 1. The van der Waals surface area contributed by atoms with Crippen molar-refractivity contribution in [3.8, 4) is 0 Å². The lowest BCUT2D eigenvalue weighted by molar-refractivity contribution is -0.123. The summed E-state index contributed by atoms with van der Waals surface area (Å²) in [5, 5.41) is 2.84. The summed E-state index contributed by atoms with van der Waals surface area (Å²) in [5.74, 6) is -0.117. The van der Waals surface area contributed by atoms with E-state index in [2.05, 4.69) is 10.3 Å². The first kappa shape index (κ1) is 14.9. The number of carbonyl (C=O) groups excluding carboxylic acids is 1. The Bertz CT molecular complexity index is 318. The smallest absolute Gasteiger partial charge is 0.237 e. The Morgan fingerprint density at radius 1 is 1.62 bits per heavy atom. The predicted molar refractivity (Wildman–Crippen MR) is 66.3 cm³/mol. The lowest BCUT2D eigenvalue weighted by atomic mass is 10.1. The number of hydrogen-bond donors (Lipinski definition) is 2. The SMILES string of the molecule is CC[C@H](N)C(=O)NC(C)c1cccnc1.Cl. The van der Waals surface area contributed by atoms with E-state index in [4.69, 9.17) is 5.73 Å². The van der Waals surface area contributed by atoms with Gasteiger partial charge in [0.25, 0.3) is 0 Å². The second-order valence-electron chi connectivity index (χ2n) is 3.53. The fourth-order valence-electron chi connectivity index (χ4n) is 1.22. The molecule has 2 atom stereocenters. The molecule has 1 unspecified atom stereocenters. The average Bonchev–Trinajstić information content (AvgIpc) is 2.29. The van der Waals surface area contributed by atoms with Gasteiger partial charge < -0.3 is 11.1 Å². The van der Waals surface area contributed by atoms with Crippen LogP contribution in [-0.4, -0.2) is 16.9 Å². The minimum absolute atomic E-state index is 0. The summed E-state index contributed by atoms with van der Waals surface area (Å²) in [5.41, 5.74) is 6.60. The highest BCUT2D eigenvalue weighted by Gasteiger charge is 2.14. The Balaban J connectivity index is 0.00000225. The quantitative estimate of drug-likeness (QED) is 0.841. The highest BCUT2D eigenvalue weighted by atomic mass is 35.5. The zero-order valence-corrected chi connectivity index (χ0v) is 10.3. The van der Waals surface area contributed by atoms with Gasteiger partial charge in [0.05, 0.1) is 12.1 Å². The normalized spacial score (nSPS) is 13.4. The molecule has 0 saturated heterocycles. The summed E-state index contributed by atoms with van der Waals surface area (Å²) in [6.45, 7) is 3.80. The summed E-state index contributed by atoms with van der Waals surface area (Å²) < 4.78 is 0. The Kier molecular flexibility index (Phi) is 6.69. The summed E-state index contributed by atoms with van der Waals surface area (Å²) in [7, 11) is 0. The zero-order valence-electron chi connectivity index (χ0n) is 9.51. The van der Waals surface area contributed by atoms with Gasteiger partial charge in [-0.05, 0) is 25.0 Å². The zero-order chi connectivity index (χ0) is 11.3. The molecule has 0 aliphatic heterocycles. The van der Waals surface area contributed by atoms with Gasteiger partial charge in [-0.15, -0.1) is 12.4 Å². The van der Waals surface area contributed by atoms with Crippen molar-refractivity contribution in [3.05, 3.63) is 30.1 Å². The number of carbonyl (C=O) groups is 1. The first-order chi connectivity index (χ1) is 7.15. The monoisotopic (exact) mass is 243 g/mol. The minimum atomic E-state index is -0.427. The number of aromatic nitrogens is 1. The molecule has 1 aromatic heterocycles. The Hall–Kier alpha value is -1.13. The molecule has 5 heteroatoms. The predicted octanol–water partition coefficient (Wildman–Crippen LogP) is 1.42. The largest absolute Gasteiger partial charge is 0.348 e. The van der Waals surface area contributed by atoms with E-state index in [0.29, 0.717) is 6.42 Å². The van der Waals surface area contributed by atoms with Crippen LogP contribution in [0.1, 0.15) is 31.9 Å². The Labute approximate surface area is 102 Å². The molecule has 90 valence electrons. The van der Waals surface area contributed by atoms with E-state index < -0.39 is 6.04 Å². The van der Waals surface area contributed by atoms with Crippen molar-refractivity contribution in [3.63, 3.8) is 0 Å². The van der Waals surface area contributed by atoms with Gasteiger partial charge in [0, 0.05) is 12.4 Å². The molecule has 1 rings (SSSR count). The van der Waals surface area contributed by atoms with Crippen molar-refractivity contribution in [2.75, 3.05) is 0 Å². The molecule has 1 amide bonds. The average molecular weight is 244 g/mol. The van der Waals surface area contributed by atoms with Crippen LogP contribution in [0.5, 0.6) is 0 Å². The molecule has 1 heterocycles. The maximum atomic E-state index is 11.5. The molecule has 0 saturated carbocycles. The molecule has 0 aliphatic carbocycles. The number of nitrogens with two attached hydrogens (primary N) is 1. The van der Waals surface area contributed by atoms with E-state index in [-0.39, 0.29) is 24.4 Å². The molecular weight excluding hydrogens is 226 g/mol. The van der Waals surface area contributed by atoms with Crippen molar-refractivity contribution in [1.29, 1.82) is 0 Å². The van der Waals surface area contributed by atoms with E-state index in [9.17, 15) is 4.79 Å². The minimum Gasteiger partial charge on any atom is -0.348 e. The molecule has 4 nitrogen and oxygen atoms in total. The van der Waals surface area contributed by atoms with Gasteiger partial charge in [0.2, 0.25) is 5.91 Å². The van der Waals surface area contributed by atoms with Crippen molar-refractivity contribution in [2.45, 2.75) is 32.4 Å². The van der Waals surface area contributed by atoms with Gasteiger partial charge in [-0.1, -0.05) is 13.0 Å². The molecule has 0 aromatic carbocycles. The van der Waals surface area contributed by atoms with Gasteiger partial charge in [-0.2, -0.15) is 0 Å². The number of hydrogen-bond acceptors (Lipinski definition) is 3. The summed E-state index contributed by atoms with van der Waals surface area (Å²) in [4.78, 5) is 15.5. The first-order valence-electron chi connectivity index (χ1n) is 5.11. The van der Waals surface area contributed by atoms with Crippen LogP contribution in [0.4, 0.5) is 0 Å². The number of amides is 1. The van der Waals surface area contributed by atoms with Crippen molar-refractivity contribution < 1.29 is 4.79 Å². The van der Waals surface area contributed by atoms with Crippen LogP contribution < -0.4 is 11.1 Å². The maximum Gasteiger partial charge on any atom is 0.237 e. The van der Waals surface area contributed by atoms with E-state index in [0.717, 1.165) is 5.56 Å². The van der Waals surface area contributed by atoms with E-state index in [1.807, 2.05) is 26.0 Å². The maximum absolute atomic E-state index is 11.5. The van der Waals surface area contributed by atoms with Gasteiger partial charge in [0.15, 0.2) is 0 Å². The molecule has 0 spiro atoms. The number of nitrogens with one attached hydrogen (secondary N) is 1. The van der Waals surface area contributed by atoms with E-state index >= 15 is 0 Å². The van der Waals surface area contributed by atoms with Crippen LogP contribution in [0.3, 0.4) is 0 Å². The fraction of sp³-hybridized carbons (Fsp3) is 0.455. The third kappa shape index (κ3) is 4.16. The van der Waals surface area contributed by atoms with Crippen LogP contribution in [0.15, 0.2) is 24.5 Å². The molecule has 16 heavy (non-hydrogen) atoms. The molecule has 0 aliphatic rings. The second kappa shape index (κ2) is 7.19. The highest BCUT2D eigenvalue weighted by Crippen LogP contribution is 2.09. The van der Waals surface area contributed by atoms with E-state index in [1.165, 1.54) is 0 Å². The fourth-order valence-corrected chi connectivity index (χ4v) is 1.22. The number of nitrogens with zero attached hydrogens (tertiary/aromatic N) is 1. The van der Waals surface area contributed by atoms with Gasteiger partial charge >= 0.3 is 0 Å². The lowest BCUT2D eigenvalue weighted by Crippen LogP contribution is -2.41. The standard InChI is InChI=1S/C11H17N3O.ClH/c1-3-10(12)11(15)14-8(2)9-5-4-6-13-7-9;/h4-8,10H,3,12H2,1-2H3,(H,14,15);1H/t8?,10-;/m0./s1. The molecule has 0 radical (unpaired) electrons. The summed E-state index contributed by atoms with van der Waals surface area (Å²) in [6, 6.07) is 3.29. The van der Waals surface area contributed by atoms with Crippen LogP contribution in [0.2, 0.25) is 0 Å². The Morgan fingerprint density at radius 2 is 2.31 bits per heavy atom. The number of halogens is 1.